The Balaban J connectivity index is 0.000000466. The van der Waals surface area contributed by atoms with Crippen molar-refractivity contribution in [3.05, 3.63) is 88.9 Å². The zero-order chi connectivity index (χ0) is 76.0. The van der Waals surface area contributed by atoms with E-state index in [0.29, 0.717) is 32.5 Å². The Hall–Kier alpha value is -4.67. The summed E-state index contributed by atoms with van der Waals surface area (Å²) in [6.07, 6.45) is -15.8. The molecule has 0 unspecified atom stereocenters. The number of phosphoric acid groups is 4. The first-order chi connectivity index (χ1) is 45.8. The van der Waals surface area contributed by atoms with Gasteiger partial charge in [-0.25, -0.2) is 37.6 Å². The molecule has 1 amide bonds. The molecule has 8 rings (SSSR count). The fourth-order valence-electron chi connectivity index (χ4n) is 9.08. The normalized spacial score (nSPS) is 27.3. The summed E-state index contributed by atoms with van der Waals surface area (Å²) in [7, 11) is -21.2. The van der Waals surface area contributed by atoms with Crippen LogP contribution in [0.15, 0.2) is 62.1 Å². The molecule has 23 N–H and O–H groups in total. The maximum atomic E-state index is 12.3. The molecule has 3 aromatic rings. The minimum absolute atomic E-state index is 0. The molecule has 0 radical (unpaired) electrons. The van der Waals surface area contributed by atoms with Crippen LogP contribution in [0.2, 0.25) is 18.1 Å². The summed E-state index contributed by atoms with van der Waals surface area (Å²) in [6, 6.07) is 0. The number of anilines is 3. The van der Waals surface area contributed by atoms with Crippen LogP contribution in [0.1, 0.15) is 93.1 Å². The lowest BCUT2D eigenvalue weighted by Gasteiger charge is -2.36. The lowest BCUT2D eigenvalue weighted by Crippen LogP contribution is -2.43. The van der Waals surface area contributed by atoms with Gasteiger partial charge >= 0.3 is 48.4 Å². The molecule has 3 aromatic heterocycles. The van der Waals surface area contributed by atoms with Gasteiger partial charge in [0.05, 0.1) is 36.6 Å². The fourth-order valence-corrected chi connectivity index (χ4v) is 11.8. The number of hydrogen-bond donors (Lipinski definition) is 20. The fraction of sp³-hybridized carbons (Fsp3) is 0.654. The van der Waals surface area contributed by atoms with Gasteiger partial charge in [0.1, 0.15) is 102 Å². The number of halogens is 1. The Morgan fingerprint density at radius 2 is 0.922 bits per heavy atom. The molecule has 4 fully saturated rings. The first kappa shape index (κ1) is 94.4. The minimum Gasteiger partial charge on any atom is -0.412 e. The monoisotopic (exact) mass is 1690 g/mol. The molecule has 103 heavy (non-hydrogen) atoms. The second-order valence-electron chi connectivity index (χ2n) is 23.9. The summed E-state index contributed by atoms with van der Waals surface area (Å²) in [5, 5.41) is 82.8. The first-order valence-corrected chi connectivity index (χ1v) is 39.2. The molecule has 4 saturated heterocycles. The van der Waals surface area contributed by atoms with E-state index in [0.717, 1.165) is 13.7 Å². The molecule has 0 bridgehead atoms. The molecule has 8 heterocycles. The summed E-state index contributed by atoms with van der Waals surface area (Å²) in [5.74, 6) is 0.192. The third kappa shape index (κ3) is 26.0. The maximum Gasteiger partial charge on any atom is 0.469 e. The van der Waals surface area contributed by atoms with Crippen molar-refractivity contribution in [1.29, 1.82) is 0 Å². The van der Waals surface area contributed by atoms with Crippen molar-refractivity contribution in [2.24, 2.45) is 4.99 Å². The minimum atomic E-state index is -4.80. The lowest BCUT2D eigenvalue weighted by molar-refractivity contribution is -0.117. The Bertz CT molecular complexity index is 3740. The number of amides is 1. The zero-order valence-electron chi connectivity index (χ0n) is 54.1. The number of carbonyl (C=O) groups is 1. The highest BCUT2D eigenvalue weighted by Gasteiger charge is 2.50. The first-order valence-electron chi connectivity index (χ1n) is 29.1. The molecule has 5 aliphatic heterocycles. The van der Waals surface area contributed by atoms with E-state index >= 15 is 0 Å². The van der Waals surface area contributed by atoms with Crippen molar-refractivity contribution in [3.8, 4) is 0 Å². The molecule has 0 saturated carbocycles. The van der Waals surface area contributed by atoms with Gasteiger partial charge in [-0.2, -0.15) is 15.0 Å². The highest BCUT2D eigenvalue weighted by Crippen LogP contribution is 2.43. The van der Waals surface area contributed by atoms with E-state index in [9.17, 15) is 78.3 Å². The quantitative estimate of drug-likeness (QED) is 0.0308. The van der Waals surface area contributed by atoms with Crippen LogP contribution >= 0.6 is 53.9 Å². The van der Waals surface area contributed by atoms with Gasteiger partial charge in [0.15, 0.2) is 33.2 Å². The molecule has 0 aliphatic carbocycles. The predicted molar refractivity (Wildman–Crippen MR) is 369 cm³/mol. The number of rotatable bonds is 20. The number of aliphatic imine (C=N–C) groups is 1. The number of aliphatic hydroxyl groups excluding tert-OH is 8. The van der Waals surface area contributed by atoms with E-state index in [4.69, 9.17) is 79.7 Å². The zero-order valence-corrected chi connectivity index (χ0v) is 60.8. The molecule has 0 spiro atoms. The third-order valence-electron chi connectivity index (χ3n) is 15.5. The molecule has 16 atom stereocenters. The number of aromatic nitrogens is 6. The van der Waals surface area contributed by atoms with Crippen molar-refractivity contribution >= 4 is 91.4 Å². The molecular weight excluding hydrogens is 1600 g/mol. The Labute approximate surface area is 602 Å². The van der Waals surface area contributed by atoms with E-state index in [2.05, 4.69) is 83.8 Å². The predicted octanol–water partition coefficient (Wildman–Crippen LogP) is -2.84. The number of aryl methyl sites for hydroxylation is 1. The number of phosphoric ester groups is 4. The number of nitrogens with two attached hydrogens (primary N) is 3. The average Bonchev–Trinajstić information content (AvgIpc) is 1.69. The van der Waals surface area contributed by atoms with Gasteiger partial charge in [-0.1, -0.05) is 56.6 Å². The highest BCUT2D eigenvalue weighted by atomic mass is 127. The summed E-state index contributed by atoms with van der Waals surface area (Å²) in [5.41, 5.74) is 15.9. The number of nitrogens with one attached hydrogen (secondary N) is 1. The second-order valence-corrected chi connectivity index (χ2v) is 34.8. The number of nitrogen functional groups attached to an aromatic ring is 3. The summed E-state index contributed by atoms with van der Waals surface area (Å²) < 4.78 is 90.9. The van der Waals surface area contributed by atoms with Crippen LogP contribution in [-0.4, -0.2) is 240 Å². The van der Waals surface area contributed by atoms with Crippen LogP contribution in [0, 0.1) is 10.5 Å². The van der Waals surface area contributed by atoms with E-state index in [1.165, 1.54) is 30.4 Å². The smallest absolute Gasteiger partial charge is 0.412 e. The summed E-state index contributed by atoms with van der Waals surface area (Å²) in [6.45, 7) is 16.3. The van der Waals surface area contributed by atoms with Crippen molar-refractivity contribution in [3.63, 3.8) is 0 Å². The molecule has 590 valence electrons. The second kappa shape index (κ2) is 37.9. The van der Waals surface area contributed by atoms with Crippen molar-refractivity contribution in [2.75, 3.05) is 43.6 Å². The van der Waals surface area contributed by atoms with Crippen LogP contribution in [0.5, 0.6) is 0 Å². The lowest BCUT2D eigenvalue weighted by atomic mass is 10.1. The number of aliphatic hydroxyl groups is 8. The molecule has 45 nitrogen and oxygen atoms in total. The van der Waals surface area contributed by atoms with Crippen molar-refractivity contribution < 1.29 is 145 Å². The molecular formula is C52H93IN12O33P4Si. The van der Waals surface area contributed by atoms with Crippen LogP contribution in [0.3, 0.4) is 0 Å². The van der Waals surface area contributed by atoms with Crippen molar-refractivity contribution in [2.45, 2.75) is 193 Å². The van der Waals surface area contributed by atoms with Gasteiger partial charge in [0.2, 0.25) is 5.91 Å². The van der Waals surface area contributed by atoms with E-state index in [1.807, 2.05) is 29.5 Å². The van der Waals surface area contributed by atoms with E-state index in [-0.39, 0.29) is 63.1 Å². The Morgan fingerprint density at radius 3 is 1.27 bits per heavy atom. The largest absolute Gasteiger partial charge is 0.469 e. The number of carbonyl (C=O) groups excluding carboxylic acids is 1. The van der Waals surface area contributed by atoms with Gasteiger partial charge in [-0.05, 0) is 54.1 Å². The number of nitrogens with zero attached hydrogens (tertiary/aromatic N) is 8. The van der Waals surface area contributed by atoms with E-state index < -0.39 is 181 Å². The van der Waals surface area contributed by atoms with Gasteiger partial charge in [-0.15, -0.1) is 0 Å². The highest BCUT2D eigenvalue weighted by molar-refractivity contribution is 14.1. The van der Waals surface area contributed by atoms with Crippen LogP contribution in [0.25, 0.3) is 0 Å². The van der Waals surface area contributed by atoms with Gasteiger partial charge < -0.3 is 131 Å². The standard InChI is InChI=1S/C16H30N3O9PSi.C14H22N3O8P.C10H16N3O8P.C9H13IN3O8P.3CH4/c1-16(2,3)30(4,5)27-7-9-6-19(15(22)18-13(9)17)14-12(21)11(20)10(28-14)8-26-29(23,24)25;1-4-9-5-17(7(2)15-13(9)16-8(3)18)14-12(20)11(19)10(25-14)6-24-26(21,22)23;1-4-2-13(10(16)12-8(4)11)9-7(15)6(14)5(21-9)3-20-22(17,18)19;10-3-1-13(9(16)12-7(3)11)8-6(15)5(14)4(21-8)2-20-22(17,18)19;;;/h6,10-12,14,20-21H,7-8H2,1-5H3,(H2,17,18,22)(H2,23,24,25);5,10-12,14,19-20H,2,4,6H2,1,3H3,(H,15,16,18)(H2,21,22,23);2,5-7,9,14-15H,3H2,1H3,(H2,11,12,16)(H2,17,18,19);1,4-6,8,14-15H,2H2,(H2,11,12,16)(H2,17,18,19);3*1H4/t2*10-,11-,12-,14-;5-,6-,7-,9-;4-,5-,6-,8-;;;/m1111.../s1. The van der Waals surface area contributed by atoms with Crippen molar-refractivity contribution in [1.82, 2.24) is 38.9 Å². The van der Waals surface area contributed by atoms with Crippen LogP contribution < -0.4 is 39.6 Å². The summed E-state index contributed by atoms with van der Waals surface area (Å²) in [4.78, 5) is 133. The van der Waals surface area contributed by atoms with Crippen LogP contribution in [0.4, 0.5) is 17.5 Å². The molecule has 5 aliphatic rings. The molecule has 51 heteroatoms. The van der Waals surface area contributed by atoms with Gasteiger partial charge in [-0.3, -0.25) is 36.6 Å². The number of ether oxygens (including phenoxy) is 4. The average molecular weight is 1690 g/mol. The van der Waals surface area contributed by atoms with E-state index in [1.54, 1.807) is 13.1 Å². The molecule has 0 aromatic carbocycles. The SMILES string of the molecule is C.C.C.C=C1N=C(NC(C)=O)C(CC)=CN1[C@@H]1O[C@H](COP(=O)(O)O)[C@@H](O)[C@H]1O.CC(C)(C)[Si](C)(C)OCc1cn([C@@H]2O[C@H](COP(=O)(O)O)[C@@H](O)[C@H]2O)c(=O)nc1N.Cc1cn([C@@H]2O[C@H](COP(=O)(O)O)[C@@H](O)[C@H]2O)c(=O)nc1N.Nc1nc(=O)n([C@@H]2O[C@H](COP(=O)(O)O)[C@@H](O)[C@H]2O)cc1I. The van der Waals surface area contributed by atoms with Gasteiger partial charge in [0.25, 0.3) is 0 Å². The van der Waals surface area contributed by atoms with Gasteiger partial charge in [0, 0.05) is 48.4 Å². The summed E-state index contributed by atoms with van der Waals surface area (Å²) >= 11 is 1.82. The number of hydrogen-bond acceptors (Lipinski definition) is 33. The third-order valence-corrected chi connectivity index (χ3v) is 22.7. The topological polar surface area (TPSA) is 702 Å². The van der Waals surface area contributed by atoms with Crippen LogP contribution in [-0.2, 0) is 71.1 Å². The number of amidine groups is 1. The Kier molecular flexibility index (Phi) is 34.8. The maximum absolute atomic E-state index is 12.3. The Morgan fingerprint density at radius 1 is 0.592 bits per heavy atom.